The molecule has 0 N–H and O–H groups in total. The Balaban J connectivity index is 1.40. The Bertz CT molecular complexity index is 968. The number of benzene rings is 1. The molecule has 0 radical (unpaired) electrons. The normalized spacial score (nSPS) is 19.4. The SMILES string of the molecule is Cc1ccc(-c2cnc3n2CCN(C)C32CCN(Cc3ccccn3)CC2)cc1. The molecule has 150 valence electrons. The highest BCUT2D eigenvalue weighted by molar-refractivity contribution is 5.60. The van der Waals surface area contributed by atoms with E-state index >= 15 is 0 Å². The molecular weight excluding hydrogens is 358 g/mol. The summed E-state index contributed by atoms with van der Waals surface area (Å²) in [7, 11) is 2.28. The van der Waals surface area contributed by atoms with E-state index in [1.807, 2.05) is 12.3 Å². The van der Waals surface area contributed by atoms with Gasteiger partial charge in [0.15, 0.2) is 0 Å². The zero-order chi connectivity index (χ0) is 19.8. The van der Waals surface area contributed by atoms with Crippen molar-refractivity contribution in [3.63, 3.8) is 0 Å². The summed E-state index contributed by atoms with van der Waals surface area (Å²) in [6, 6.07) is 15.0. The van der Waals surface area contributed by atoms with Crippen LogP contribution in [0.5, 0.6) is 0 Å². The minimum atomic E-state index is 0.0435. The monoisotopic (exact) mass is 387 g/mol. The van der Waals surface area contributed by atoms with E-state index in [-0.39, 0.29) is 5.54 Å². The Morgan fingerprint density at radius 3 is 2.45 bits per heavy atom. The molecule has 1 aromatic carbocycles. The minimum Gasteiger partial charge on any atom is -0.325 e. The number of aryl methyl sites for hydroxylation is 1. The second-order valence-corrected chi connectivity index (χ2v) is 8.54. The molecule has 0 bridgehead atoms. The second-order valence-electron chi connectivity index (χ2n) is 8.54. The lowest BCUT2D eigenvalue weighted by molar-refractivity contribution is 0.00671. The van der Waals surface area contributed by atoms with Crippen molar-refractivity contribution in [2.45, 2.75) is 38.4 Å². The van der Waals surface area contributed by atoms with E-state index in [4.69, 9.17) is 4.98 Å². The molecule has 5 rings (SSSR count). The van der Waals surface area contributed by atoms with Crippen molar-refractivity contribution in [3.05, 3.63) is 71.9 Å². The number of hydrogen-bond donors (Lipinski definition) is 0. The maximum atomic E-state index is 4.98. The summed E-state index contributed by atoms with van der Waals surface area (Å²) in [5, 5.41) is 0. The predicted molar refractivity (Wildman–Crippen MR) is 115 cm³/mol. The van der Waals surface area contributed by atoms with Gasteiger partial charge in [0.1, 0.15) is 5.82 Å². The summed E-state index contributed by atoms with van der Waals surface area (Å²) in [5.41, 5.74) is 5.01. The zero-order valence-corrected chi connectivity index (χ0v) is 17.4. The van der Waals surface area contributed by atoms with Crippen molar-refractivity contribution >= 4 is 0 Å². The van der Waals surface area contributed by atoms with Gasteiger partial charge in [-0.2, -0.15) is 0 Å². The van der Waals surface area contributed by atoms with E-state index in [2.05, 4.69) is 75.9 Å². The van der Waals surface area contributed by atoms with Gasteiger partial charge in [-0.25, -0.2) is 4.98 Å². The lowest BCUT2D eigenvalue weighted by atomic mass is 9.83. The van der Waals surface area contributed by atoms with Crippen molar-refractivity contribution < 1.29 is 0 Å². The fourth-order valence-corrected chi connectivity index (χ4v) is 4.97. The molecule has 2 aliphatic heterocycles. The number of fused-ring (bicyclic) bond motifs is 2. The highest BCUT2D eigenvalue weighted by Crippen LogP contribution is 2.41. The number of hydrogen-bond acceptors (Lipinski definition) is 4. The summed E-state index contributed by atoms with van der Waals surface area (Å²) in [4.78, 5) is 14.6. The van der Waals surface area contributed by atoms with E-state index in [0.29, 0.717) is 0 Å². The Hall–Kier alpha value is -2.50. The third-order valence-corrected chi connectivity index (χ3v) is 6.80. The maximum Gasteiger partial charge on any atom is 0.129 e. The Labute approximate surface area is 173 Å². The number of likely N-dealkylation sites (N-methyl/N-ethyl adjacent to an activating group) is 1. The zero-order valence-electron chi connectivity index (χ0n) is 17.4. The molecule has 5 heteroatoms. The average molecular weight is 388 g/mol. The molecule has 5 nitrogen and oxygen atoms in total. The van der Waals surface area contributed by atoms with E-state index in [1.165, 1.54) is 22.6 Å². The lowest BCUT2D eigenvalue weighted by Gasteiger charge is -2.49. The van der Waals surface area contributed by atoms with E-state index < -0.39 is 0 Å². The summed E-state index contributed by atoms with van der Waals surface area (Å²) >= 11 is 0. The summed E-state index contributed by atoms with van der Waals surface area (Å²) in [6.07, 6.45) is 6.20. The molecule has 2 aromatic heterocycles. The quantitative estimate of drug-likeness (QED) is 0.687. The molecule has 0 aliphatic carbocycles. The van der Waals surface area contributed by atoms with Crippen LogP contribution in [0.25, 0.3) is 11.3 Å². The first-order valence-electron chi connectivity index (χ1n) is 10.6. The van der Waals surface area contributed by atoms with Crippen LogP contribution >= 0.6 is 0 Å². The third-order valence-electron chi connectivity index (χ3n) is 6.80. The standard InChI is InChI=1S/C24H29N5/c1-19-6-8-20(9-7-19)22-17-26-23-24(27(2)15-16-29(22)23)10-13-28(14-11-24)18-21-5-3-4-12-25-21/h3-9,12,17H,10-11,13-16,18H2,1-2H3. The highest BCUT2D eigenvalue weighted by atomic mass is 15.3. The molecule has 4 heterocycles. The molecular formula is C24H29N5. The van der Waals surface area contributed by atoms with Crippen molar-refractivity contribution in [3.8, 4) is 11.3 Å². The topological polar surface area (TPSA) is 37.2 Å². The number of nitrogens with zero attached hydrogens (tertiary/aromatic N) is 5. The van der Waals surface area contributed by atoms with E-state index in [0.717, 1.165) is 51.3 Å². The van der Waals surface area contributed by atoms with Crippen LogP contribution in [0.1, 0.15) is 29.9 Å². The van der Waals surface area contributed by atoms with Gasteiger partial charge in [0.05, 0.1) is 23.1 Å². The maximum absolute atomic E-state index is 4.98. The summed E-state index contributed by atoms with van der Waals surface area (Å²) in [5.74, 6) is 1.25. The number of piperidine rings is 1. The Morgan fingerprint density at radius 1 is 0.931 bits per heavy atom. The average Bonchev–Trinajstić information content (AvgIpc) is 3.19. The van der Waals surface area contributed by atoms with E-state index in [9.17, 15) is 0 Å². The number of aromatic nitrogens is 3. The molecule has 1 spiro atoms. The van der Waals surface area contributed by atoms with Gasteiger partial charge in [-0.15, -0.1) is 0 Å². The molecule has 0 atom stereocenters. The van der Waals surface area contributed by atoms with Crippen LogP contribution in [0.15, 0.2) is 54.9 Å². The molecule has 1 fully saturated rings. The van der Waals surface area contributed by atoms with Gasteiger partial charge in [0.2, 0.25) is 0 Å². The van der Waals surface area contributed by atoms with Crippen LogP contribution in [0, 0.1) is 6.92 Å². The third kappa shape index (κ3) is 3.28. The van der Waals surface area contributed by atoms with Gasteiger partial charge in [-0.1, -0.05) is 35.9 Å². The van der Waals surface area contributed by atoms with Gasteiger partial charge < -0.3 is 4.57 Å². The van der Waals surface area contributed by atoms with Gasteiger partial charge in [-0.3, -0.25) is 14.8 Å². The van der Waals surface area contributed by atoms with Crippen LogP contribution in [0.3, 0.4) is 0 Å². The van der Waals surface area contributed by atoms with Crippen LogP contribution in [0.2, 0.25) is 0 Å². The summed E-state index contributed by atoms with van der Waals surface area (Å²) in [6.45, 7) is 7.31. The largest absolute Gasteiger partial charge is 0.325 e. The van der Waals surface area contributed by atoms with Crippen LogP contribution in [0.4, 0.5) is 0 Å². The lowest BCUT2D eigenvalue weighted by Crippen LogP contribution is -2.56. The van der Waals surface area contributed by atoms with Crippen LogP contribution < -0.4 is 0 Å². The number of likely N-dealkylation sites (tertiary alicyclic amines) is 1. The predicted octanol–water partition coefficient (Wildman–Crippen LogP) is 3.69. The molecule has 2 aliphatic rings. The van der Waals surface area contributed by atoms with Crippen molar-refractivity contribution in [1.82, 2.24) is 24.3 Å². The minimum absolute atomic E-state index is 0.0435. The molecule has 1 saturated heterocycles. The fraction of sp³-hybridized carbons (Fsp3) is 0.417. The number of rotatable bonds is 3. The van der Waals surface area contributed by atoms with Gasteiger partial charge >= 0.3 is 0 Å². The molecule has 0 amide bonds. The van der Waals surface area contributed by atoms with Crippen LogP contribution in [-0.2, 0) is 18.6 Å². The number of pyridine rings is 1. The van der Waals surface area contributed by atoms with Crippen LogP contribution in [-0.4, -0.2) is 51.0 Å². The smallest absolute Gasteiger partial charge is 0.129 e. The van der Waals surface area contributed by atoms with Gasteiger partial charge in [0, 0.05) is 38.9 Å². The second kappa shape index (κ2) is 7.39. The first-order chi connectivity index (χ1) is 14.2. The van der Waals surface area contributed by atoms with E-state index in [1.54, 1.807) is 0 Å². The fourth-order valence-electron chi connectivity index (χ4n) is 4.97. The highest BCUT2D eigenvalue weighted by Gasteiger charge is 2.45. The summed E-state index contributed by atoms with van der Waals surface area (Å²) < 4.78 is 2.47. The Morgan fingerprint density at radius 2 is 1.72 bits per heavy atom. The van der Waals surface area contributed by atoms with Gasteiger partial charge in [-0.05, 0) is 44.5 Å². The molecule has 3 aromatic rings. The molecule has 29 heavy (non-hydrogen) atoms. The first kappa shape index (κ1) is 18.5. The van der Waals surface area contributed by atoms with Crippen molar-refractivity contribution in [2.75, 3.05) is 26.7 Å². The molecule has 0 unspecified atom stereocenters. The van der Waals surface area contributed by atoms with Crippen molar-refractivity contribution in [1.29, 1.82) is 0 Å². The first-order valence-corrected chi connectivity index (χ1v) is 10.6. The molecule has 0 saturated carbocycles. The van der Waals surface area contributed by atoms with Gasteiger partial charge in [0.25, 0.3) is 0 Å². The number of imidazole rings is 1. The Kier molecular flexibility index (Phi) is 4.72. The van der Waals surface area contributed by atoms with Crippen molar-refractivity contribution in [2.24, 2.45) is 0 Å².